The van der Waals surface area contributed by atoms with E-state index in [1.165, 1.54) is 24.1 Å². The van der Waals surface area contributed by atoms with Gasteiger partial charge in [-0.15, -0.1) is 0 Å². The first-order chi connectivity index (χ1) is 11.6. The van der Waals surface area contributed by atoms with E-state index in [4.69, 9.17) is 9.26 Å². The van der Waals surface area contributed by atoms with E-state index in [2.05, 4.69) is 26.5 Å². The van der Waals surface area contributed by atoms with E-state index in [9.17, 15) is 0 Å². The van der Waals surface area contributed by atoms with Crippen LogP contribution >= 0.6 is 0 Å². The van der Waals surface area contributed by atoms with E-state index < -0.39 is 0 Å². The van der Waals surface area contributed by atoms with Crippen LogP contribution in [0.5, 0.6) is 0 Å². The SMILES string of the molecule is Cc1noc(C)c1CN1CCn2c(COCC3CC3)cnc2[C@H]1C. The third kappa shape index (κ3) is 3.00. The smallest absolute Gasteiger partial charge is 0.138 e. The van der Waals surface area contributed by atoms with Crippen LogP contribution in [-0.2, 0) is 24.4 Å². The zero-order valence-corrected chi connectivity index (χ0v) is 14.8. The van der Waals surface area contributed by atoms with E-state index in [0.717, 1.165) is 49.4 Å². The van der Waals surface area contributed by atoms with Crippen molar-refractivity contribution < 1.29 is 9.26 Å². The molecule has 6 nitrogen and oxygen atoms in total. The molecule has 2 aromatic rings. The molecule has 1 aliphatic carbocycles. The Morgan fingerprint density at radius 3 is 2.83 bits per heavy atom. The summed E-state index contributed by atoms with van der Waals surface area (Å²) in [5.41, 5.74) is 3.40. The van der Waals surface area contributed by atoms with Crippen molar-refractivity contribution >= 4 is 0 Å². The molecule has 0 saturated heterocycles. The highest BCUT2D eigenvalue weighted by molar-refractivity contribution is 5.21. The van der Waals surface area contributed by atoms with Crippen molar-refractivity contribution in [3.63, 3.8) is 0 Å². The lowest BCUT2D eigenvalue weighted by Gasteiger charge is -2.34. The first-order valence-corrected chi connectivity index (χ1v) is 8.91. The number of hydrogen-bond donors (Lipinski definition) is 0. The molecule has 0 spiro atoms. The normalized spacial score (nSPS) is 21.2. The Hall–Kier alpha value is -1.66. The van der Waals surface area contributed by atoms with Crippen molar-refractivity contribution in [2.75, 3.05) is 13.2 Å². The van der Waals surface area contributed by atoms with Gasteiger partial charge >= 0.3 is 0 Å². The van der Waals surface area contributed by atoms with E-state index in [-0.39, 0.29) is 6.04 Å². The van der Waals surface area contributed by atoms with Gasteiger partial charge in [0.05, 0.1) is 30.2 Å². The van der Waals surface area contributed by atoms with Crippen molar-refractivity contribution in [3.05, 3.63) is 34.7 Å². The number of aromatic nitrogens is 3. The van der Waals surface area contributed by atoms with Crippen molar-refractivity contribution in [2.45, 2.75) is 59.4 Å². The van der Waals surface area contributed by atoms with Gasteiger partial charge in [-0.3, -0.25) is 4.90 Å². The standard InChI is InChI=1S/C18H26N4O2/c1-12-17(14(3)24-20-12)9-21-6-7-22-16(8-19-18(22)13(21)2)11-23-10-15-4-5-15/h8,13,15H,4-7,9-11H2,1-3H3/t13-/m1/s1. The van der Waals surface area contributed by atoms with Crippen LogP contribution < -0.4 is 0 Å². The van der Waals surface area contributed by atoms with Gasteiger partial charge in [0, 0.05) is 31.8 Å². The Morgan fingerprint density at radius 2 is 2.12 bits per heavy atom. The molecule has 0 N–H and O–H groups in total. The molecule has 24 heavy (non-hydrogen) atoms. The lowest BCUT2D eigenvalue weighted by atomic mass is 10.1. The van der Waals surface area contributed by atoms with E-state index in [1.54, 1.807) is 0 Å². The van der Waals surface area contributed by atoms with Crippen molar-refractivity contribution in [1.82, 2.24) is 19.6 Å². The second-order valence-corrected chi connectivity index (χ2v) is 7.17. The fourth-order valence-corrected chi connectivity index (χ4v) is 3.48. The second-order valence-electron chi connectivity index (χ2n) is 7.17. The number of hydrogen-bond acceptors (Lipinski definition) is 5. The van der Waals surface area contributed by atoms with Crippen molar-refractivity contribution in [1.29, 1.82) is 0 Å². The lowest BCUT2D eigenvalue weighted by molar-refractivity contribution is 0.101. The fraction of sp³-hybridized carbons (Fsp3) is 0.667. The summed E-state index contributed by atoms with van der Waals surface area (Å²) in [5, 5.41) is 4.07. The number of imidazole rings is 1. The maximum absolute atomic E-state index is 5.85. The van der Waals surface area contributed by atoms with E-state index >= 15 is 0 Å². The molecular weight excluding hydrogens is 304 g/mol. The molecule has 4 rings (SSSR count). The molecule has 130 valence electrons. The summed E-state index contributed by atoms with van der Waals surface area (Å²) >= 11 is 0. The van der Waals surface area contributed by atoms with Crippen LogP contribution in [0.4, 0.5) is 0 Å². The van der Waals surface area contributed by atoms with Gasteiger partial charge in [0.2, 0.25) is 0 Å². The highest BCUT2D eigenvalue weighted by atomic mass is 16.5. The first-order valence-electron chi connectivity index (χ1n) is 8.91. The molecule has 1 aliphatic heterocycles. The molecule has 3 heterocycles. The Morgan fingerprint density at radius 1 is 1.29 bits per heavy atom. The molecule has 0 bridgehead atoms. The summed E-state index contributed by atoms with van der Waals surface area (Å²) in [4.78, 5) is 7.13. The zero-order chi connectivity index (χ0) is 16.7. The number of rotatable bonds is 6. The number of aryl methyl sites for hydroxylation is 2. The Bertz CT molecular complexity index is 697. The van der Waals surface area contributed by atoms with E-state index in [1.807, 2.05) is 20.0 Å². The summed E-state index contributed by atoms with van der Waals surface area (Å²) in [5.74, 6) is 2.86. The topological polar surface area (TPSA) is 56.3 Å². The number of fused-ring (bicyclic) bond motifs is 1. The van der Waals surface area contributed by atoms with Gasteiger partial charge in [-0.25, -0.2) is 4.98 Å². The molecule has 2 aliphatic rings. The van der Waals surface area contributed by atoms with Gasteiger partial charge in [0.15, 0.2) is 0 Å². The summed E-state index contributed by atoms with van der Waals surface area (Å²) < 4.78 is 13.5. The molecule has 2 aromatic heterocycles. The molecule has 6 heteroatoms. The molecule has 0 unspecified atom stereocenters. The minimum absolute atomic E-state index is 0.282. The van der Waals surface area contributed by atoms with Gasteiger partial charge in [0.25, 0.3) is 0 Å². The van der Waals surface area contributed by atoms with Crippen LogP contribution in [-0.4, -0.2) is 32.8 Å². The summed E-state index contributed by atoms with van der Waals surface area (Å²) in [6.45, 7) is 10.6. The van der Waals surface area contributed by atoms with Gasteiger partial charge in [0.1, 0.15) is 11.6 Å². The Balaban J connectivity index is 1.44. The highest BCUT2D eigenvalue weighted by Crippen LogP contribution is 2.30. The predicted molar refractivity (Wildman–Crippen MR) is 89.4 cm³/mol. The summed E-state index contributed by atoms with van der Waals surface area (Å²) in [7, 11) is 0. The largest absolute Gasteiger partial charge is 0.375 e. The molecule has 1 atom stereocenters. The maximum Gasteiger partial charge on any atom is 0.138 e. The van der Waals surface area contributed by atoms with Gasteiger partial charge < -0.3 is 13.8 Å². The lowest BCUT2D eigenvalue weighted by Crippen LogP contribution is -2.37. The van der Waals surface area contributed by atoms with Crippen molar-refractivity contribution in [3.8, 4) is 0 Å². The first kappa shape index (κ1) is 15.8. The van der Waals surface area contributed by atoms with Gasteiger partial charge in [-0.1, -0.05) is 5.16 Å². The Kier molecular flexibility index (Phi) is 4.18. The number of ether oxygens (including phenoxy) is 1. The second kappa shape index (κ2) is 6.33. The van der Waals surface area contributed by atoms with Crippen LogP contribution in [0.2, 0.25) is 0 Å². The number of nitrogens with zero attached hydrogens (tertiary/aromatic N) is 4. The third-order valence-corrected chi connectivity index (χ3v) is 5.34. The summed E-state index contributed by atoms with van der Waals surface area (Å²) in [6.07, 6.45) is 4.65. The molecule has 1 saturated carbocycles. The highest BCUT2D eigenvalue weighted by Gasteiger charge is 2.28. The average molecular weight is 330 g/mol. The molecule has 1 fully saturated rings. The van der Waals surface area contributed by atoms with E-state index in [0.29, 0.717) is 6.61 Å². The molecular formula is C18H26N4O2. The molecule has 0 radical (unpaired) electrons. The Labute approximate surface area is 142 Å². The van der Waals surface area contributed by atoms with Crippen molar-refractivity contribution in [2.24, 2.45) is 5.92 Å². The minimum Gasteiger partial charge on any atom is -0.375 e. The monoisotopic (exact) mass is 330 g/mol. The quantitative estimate of drug-likeness (QED) is 0.815. The third-order valence-electron chi connectivity index (χ3n) is 5.34. The molecule has 0 aromatic carbocycles. The maximum atomic E-state index is 5.85. The zero-order valence-electron chi connectivity index (χ0n) is 14.8. The fourth-order valence-electron chi connectivity index (χ4n) is 3.48. The minimum atomic E-state index is 0.282. The van der Waals surface area contributed by atoms with Crippen LogP contribution in [0.25, 0.3) is 0 Å². The van der Waals surface area contributed by atoms with Crippen LogP contribution in [0, 0.1) is 19.8 Å². The predicted octanol–water partition coefficient (Wildman–Crippen LogP) is 2.99. The average Bonchev–Trinajstić information content (AvgIpc) is 3.22. The van der Waals surface area contributed by atoms with Crippen LogP contribution in [0.3, 0.4) is 0 Å². The van der Waals surface area contributed by atoms with Crippen LogP contribution in [0.15, 0.2) is 10.7 Å². The molecule has 0 amide bonds. The van der Waals surface area contributed by atoms with Gasteiger partial charge in [-0.05, 0) is 39.5 Å². The van der Waals surface area contributed by atoms with Crippen LogP contribution in [0.1, 0.15) is 54.3 Å². The van der Waals surface area contributed by atoms with Gasteiger partial charge in [-0.2, -0.15) is 0 Å². The summed E-state index contributed by atoms with van der Waals surface area (Å²) in [6, 6.07) is 0.282.